The van der Waals surface area contributed by atoms with Crippen molar-refractivity contribution in [1.29, 1.82) is 0 Å². The third-order valence-corrected chi connectivity index (χ3v) is 5.41. The summed E-state index contributed by atoms with van der Waals surface area (Å²) in [6.45, 7) is 2.17. The highest BCUT2D eigenvalue weighted by Gasteiger charge is 2.15. The van der Waals surface area contributed by atoms with E-state index in [9.17, 15) is 4.79 Å². The highest BCUT2D eigenvalue weighted by Crippen LogP contribution is 2.22. The van der Waals surface area contributed by atoms with Crippen LogP contribution in [0.2, 0.25) is 0 Å². The third-order valence-electron chi connectivity index (χ3n) is 5.41. The number of rotatable bonds is 7. The largest absolute Gasteiger partial charge is 0.486 e. The molecule has 5 aromatic rings. The Hall–Kier alpha value is -4.39. The summed E-state index contributed by atoms with van der Waals surface area (Å²) in [6, 6.07) is 25.0. The molecule has 2 heterocycles. The highest BCUT2D eigenvalue weighted by molar-refractivity contribution is 5.91. The summed E-state index contributed by atoms with van der Waals surface area (Å²) in [5.41, 5.74) is 1.87. The number of nitrogens with zero attached hydrogens (tertiary/aromatic N) is 3. The maximum Gasteiger partial charge on any atom is 0.287 e. The zero-order valence-corrected chi connectivity index (χ0v) is 18.0. The fraction of sp³-hybridized carbons (Fsp3) is 0.115. The molecule has 164 valence electrons. The summed E-state index contributed by atoms with van der Waals surface area (Å²) < 4.78 is 13.2. The summed E-state index contributed by atoms with van der Waals surface area (Å²) in [5.74, 6) is 1.30. The second-order valence-corrected chi connectivity index (χ2v) is 7.69. The molecular formula is C26H22N4O3. The van der Waals surface area contributed by atoms with Crippen molar-refractivity contribution in [3.05, 3.63) is 109 Å². The lowest BCUT2D eigenvalue weighted by Crippen LogP contribution is -2.26. The predicted octanol–water partition coefficient (Wildman–Crippen LogP) is 5.08. The fourth-order valence-corrected chi connectivity index (χ4v) is 3.60. The zero-order chi connectivity index (χ0) is 22.6. The first kappa shape index (κ1) is 20.5. The first-order valence-corrected chi connectivity index (χ1v) is 10.6. The maximum absolute atomic E-state index is 12.6. The number of carbonyl (C=O) groups is 1. The van der Waals surface area contributed by atoms with Crippen LogP contribution in [0.3, 0.4) is 0 Å². The molecule has 1 amide bonds. The van der Waals surface area contributed by atoms with Gasteiger partial charge in [-0.3, -0.25) is 4.79 Å². The van der Waals surface area contributed by atoms with Gasteiger partial charge in [0, 0.05) is 0 Å². The number of benzene rings is 3. The number of carbonyl (C=O) groups excluding carboxylic acids is 1. The van der Waals surface area contributed by atoms with Crippen molar-refractivity contribution in [3.8, 4) is 11.4 Å². The maximum atomic E-state index is 12.6. The van der Waals surface area contributed by atoms with Crippen LogP contribution < -0.4 is 10.1 Å². The zero-order valence-electron chi connectivity index (χ0n) is 18.0. The van der Waals surface area contributed by atoms with E-state index in [0.29, 0.717) is 5.76 Å². The number of hydrogen-bond donors (Lipinski definition) is 1. The minimum Gasteiger partial charge on any atom is -0.486 e. The smallest absolute Gasteiger partial charge is 0.287 e. The minimum atomic E-state index is -0.278. The lowest BCUT2D eigenvalue weighted by molar-refractivity contribution is 0.0907. The Morgan fingerprint density at radius 2 is 1.85 bits per heavy atom. The number of furan rings is 1. The highest BCUT2D eigenvalue weighted by atomic mass is 16.5. The molecule has 2 aromatic heterocycles. The molecule has 3 aromatic carbocycles. The monoisotopic (exact) mass is 438 g/mol. The number of nitrogens with one attached hydrogen (secondary N) is 1. The van der Waals surface area contributed by atoms with Gasteiger partial charge in [-0.2, -0.15) is 5.10 Å². The number of aromatic nitrogens is 3. The molecule has 0 aliphatic carbocycles. The van der Waals surface area contributed by atoms with Gasteiger partial charge in [0.15, 0.2) is 5.76 Å². The molecule has 1 atom stereocenters. The van der Waals surface area contributed by atoms with Crippen molar-refractivity contribution in [2.24, 2.45) is 0 Å². The van der Waals surface area contributed by atoms with Crippen molar-refractivity contribution in [2.75, 3.05) is 0 Å². The Balaban J connectivity index is 1.18. The Kier molecular flexibility index (Phi) is 5.59. The molecule has 33 heavy (non-hydrogen) atoms. The SMILES string of the molecule is CC(NC(=O)c1ccc(COc2ccc3ccccc3c2)o1)c1ccc(-n2cncn2)cc1. The molecule has 7 heteroatoms. The van der Waals surface area contributed by atoms with Crippen LogP contribution in [0.5, 0.6) is 5.75 Å². The van der Waals surface area contributed by atoms with Crippen LogP contribution in [0.25, 0.3) is 16.5 Å². The topological polar surface area (TPSA) is 82.2 Å². The van der Waals surface area contributed by atoms with Crippen LogP contribution in [0, 0.1) is 0 Å². The van der Waals surface area contributed by atoms with Crippen LogP contribution in [-0.2, 0) is 6.61 Å². The molecule has 0 saturated carbocycles. The first-order valence-electron chi connectivity index (χ1n) is 10.6. The van der Waals surface area contributed by atoms with Crippen LogP contribution in [0.15, 0.2) is 95.9 Å². The Bertz CT molecular complexity index is 1370. The molecule has 1 unspecified atom stereocenters. The van der Waals surface area contributed by atoms with Crippen molar-refractivity contribution in [3.63, 3.8) is 0 Å². The van der Waals surface area contributed by atoms with Gasteiger partial charge in [-0.25, -0.2) is 9.67 Å². The van der Waals surface area contributed by atoms with Crippen molar-refractivity contribution >= 4 is 16.7 Å². The quantitative estimate of drug-likeness (QED) is 0.383. The van der Waals surface area contributed by atoms with Gasteiger partial charge in [0.05, 0.1) is 11.7 Å². The second kappa shape index (κ2) is 9.00. The number of fused-ring (bicyclic) bond motifs is 1. The molecule has 7 nitrogen and oxygen atoms in total. The number of hydrogen-bond acceptors (Lipinski definition) is 5. The van der Waals surface area contributed by atoms with Gasteiger partial charge in [-0.15, -0.1) is 0 Å². The molecule has 0 aliphatic rings. The fourth-order valence-electron chi connectivity index (χ4n) is 3.60. The van der Waals surface area contributed by atoms with E-state index < -0.39 is 0 Å². The van der Waals surface area contributed by atoms with E-state index in [1.54, 1.807) is 23.1 Å². The standard InChI is InChI=1S/C26H22N4O3/c1-18(19-6-9-22(10-7-19)30-17-27-16-28-30)29-26(31)25-13-12-24(33-25)15-32-23-11-8-20-4-2-3-5-21(20)14-23/h2-14,16-18H,15H2,1H3,(H,29,31). The van der Waals surface area contributed by atoms with E-state index in [-0.39, 0.29) is 24.3 Å². The van der Waals surface area contributed by atoms with Gasteiger partial charge in [0.2, 0.25) is 0 Å². The van der Waals surface area contributed by atoms with E-state index in [1.165, 1.54) is 6.33 Å². The van der Waals surface area contributed by atoms with Crippen LogP contribution in [0.1, 0.15) is 34.8 Å². The van der Waals surface area contributed by atoms with Crippen LogP contribution in [-0.4, -0.2) is 20.7 Å². The molecule has 0 spiro atoms. The van der Waals surface area contributed by atoms with E-state index in [1.807, 2.05) is 67.6 Å². The van der Waals surface area contributed by atoms with Crippen molar-refractivity contribution < 1.29 is 13.9 Å². The van der Waals surface area contributed by atoms with E-state index in [0.717, 1.165) is 27.8 Å². The van der Waals surface area contributed by atoms with Crippen LogP contribution in [0.4, 0.5) is 0 Å². The second-order valence-electron chi connectivity index (χ2n) is 7.69. The average Bonchev–Trinajstić information content (AvgIpc) is 3.55. The van der Waals surface area contributed by atoms with Gasteiger partial charge >= 0.3 is 0 Å². The molecule has 0 fully saturated rings. The van der Waals surface area contributed by atoms with Crippen LogP contribution >= 0.6 is 0 Å². The number of ether oxygens (including phenoxy) is 1. The van der Waals surface area contributed by atoms with Gasteiger partial charge in [-0.1, -0.05) is 42.5 Å². The molecule has 0 radical (unpaired) electrons. The molecule has 0 aliphatic heterocycles. The van der Waals surface area contributed by atoms with Gasteiger partial charge < -0.3 is 14.5 Å². The number of amides is 1. The Morgan fingerprint density at radius 1 is 1.03 bits per heavy atom. The van der Waals surface area contributed by atoms with Gasteiger partial charge in [0.25, 0.3) is 5.91 Å². The third kappa shape index (κ3) is 4.62. The summed E-state index contributed by atoms with van der Waals surface area (Å²) in [4.78, 5) is 16.6. The van der Waals surface area contributed by atoms with Gasteiger partial charge in [-0.05, 0) is 59.7 Å². The van der Waals surface area contributed by atoms with E-state index >= 15 is 0 Å². The average molecular weight is 438 g/mol. The summed E-state index contributed by atoms with van der Waals surface area (Å²) in [6.07, 6.45) is 3.12. The lowest BCUT2D eigenvalue weighted by Gasteiger charge is -2.14. The summed E-state index contributed by atoms with van der Waals surface area (Å²) in [7, 11) is 0. The first-order chi connectivity index (χ1) is 16.2. The van der Waals surface area contributed by atoms with Gasteiger partial charge in [0.1, 0.15) is 30.8 Å². The lowest BCUT2D eigenvalue weighted by atomic mass is 10.1. The predicted molar refractivity (Wildman–Crippen MR) is 124 cm³/mol. The summed E-state index contributed by atoms with van der Waals surface area (Å²) >= 11 is 0. The Morgan fingerprint density at radius 3 is 2.64 bits per heavy atom. The van der Waals surface area contributed by atoms with Crippen molar-refractivity contribution in [2.45, 2.75) is 19.6 Å². The normalized spacial score (nSPS) is 11.9. The Labute approximate surface area is 190 Å². The summed E-state index contributed by atoms with van der Waals surface area (Å²) in [5, 5.41) is 9.34. The molecular weight excluding hydrogens is 416 g/mol. The van der Waals surface area contributed by atoms with Crippen molar-refractivity contribution in [1.82, 2.24) is 20.1 Å². The van der Waals surface area contributed by atoms with E-state index in [2.05, 4.69) is 21.5 Å². The minimum absolute atomic E-state index is 0.190. The molecule has 0 bridgehead atoms. The molecule has 0 saturated heterocycles. The molecule has 1 N–H and O–H groups in total. The molecule has 5 rings (SSSR count). The van der Waals surface area contributed by atoms with E-state index in [4.69, 9.17) is 9.15 Å².